The van der Waals surface area contributed by atoms with Crippen molar-refractivity contribution in [2.45, 2.75) is 23.6 Å². The number of phenols is 2. The number of carbonyl (C=O) groups excluding carboxylic acids is 1. The molecular formula is C29H28CuN6O11S2. The van der Waals surface area contributed by atoms with Gasteiger partial charge in [0.2, 0.25) is 11.6 Å². The van der Waals surface area contributed by atoms with E-state index in [1.165, 1.54) is 31.3 Å². The number of nitrogens with one attached hydrogen (secondary N) is 1. The average Bonchev–Trinajstić information content (AvgIpc) is 3.32. The van der Waals surface area contributed by atoms with Crippen molar-refractivity contribution in [2.75, 3.05) is 7.05 Å². The molecule has 0 saturated heterocycles. The summed E-state index contributed by atoms with van der Waals surface area (Å²) < 4.78 is 64.7. The van der Waals surface area contributed by atoms with Crippen molar-refractivity contribution >= 4 is 54.9 Å². The molecule has 5 rings (SSSR count). The molecule has 20 heteroatoms. The van der Waals surface area contributed by atoms with E-state index in [1.54, 1.807) is 37.3 Å². The normalized spacial score (nSPS) is 11.4. The number of aryl methyl sites for hydroxylation is 2. The molecule has 1 heterocycles. The summed E-state index contributed by atoms with van der Waals surface area (Å²) in [5.41, 5.74) is 0.505. The predicted molar refractivity (Wildman–Crippen MR) is 173 cm³/mol. The van der Waals surface area contributed by atoms with Crippen molar-refractivity contribution in [3.63, 3.8) is 0 Å². The van der Waals surface area contributed by atoms with Crippen LogP contribution in [0.3, 0.4) is 0 Å². The van der Waals surface area contributed by atoms with Gasteiger partial charge >= 0.3 is 0 Å². The monoisotopic (exact) mass is 763 g/mol. The van der Waals surface area contributed by atoms with Crippen LogP contribution in [0.15, 0.2) is 102 Å². The Morgan fingerprint density at radius 2 is 1.41 bits per heavy atom. The summed E-state index contributed by atoms with van der Waals surface area (Å²) >= 11 is 0. The van der Waals surface area contributed by atoms with E-state index in [0.29, 0.717) is 16.3 Å². The summed E-state index contributed by atoms with van der Waals surface area (Å²) in [6.07, 6.45) is 0. The van der Waals surface area contributed by atoms with Crippen LogP contribution in [0.1, 0.15) is 11.1 Å². The van der Waals surface area contributed by atoms with Gasteiger partial charge in [0, 0.05) is 29.5 Å². The zero-order valence-electron chi connectivity index (χ0n) is 25.6. The molecule has 0 spiro atoms. The molecule has 0 amide bonds. The van der Waals surface area contributed by atoms with Crippen LogP contribution < -0.4 is 5.56 Å². The van der Waals surface area contributed by atoms with E-state index in [0.717, 1.165) is 22.4 Å². The van der Waals surface area contributed by atoms with Gasteiger partial charge in [0.05, 0.1) is 10.6 Å². The van der Waals surface area contributed by atoms with Crippen LogP contribution in [0.4, 0.5) is 17.1 Å². The number of aromatic nitrogens is 2. The standard InChI is InChI=1S/C18H16N2O5S.C10H10N4O5S.CH2O.Cu/c1-10-6-7-12-9-15(26(23,24)25)16(18(22)13(12)8-10)20-19-14-5-3-4-11(2)17(14)21;1-11-12-8-9(15)13-14(10(8)16)6-2-4-7(5-3-6)20(17,18)19;1-2;/h3-9,21-22H,1-2H3,(H,23,24,25);2-5,16H,1H3,(H,13,15)(H,17,18,19);1H2;. The van der Waals surface area contributed by atoms with Gasteiger partial charge in [-0.2, -0.15) is 21.9 Å². The Labute approximate surface area is 289 Å². The second-order valence-electron chi connectivity index (χ2n) is 9.63. The van der Waals surface area contributed by atoms with E-state index in [-0.39, 0.29) is 44.8 Å². The molecule has 0 saturated carbocycles. The predicted octanol–water partition coefficient (Wildman–Crippen LogP) is 5.17. The minimum Gasteiger partial charge on any atom is -0.505 e. The van der Waals surface area contributed by atoms with E-state index < -0.39 is 48.0 Å². The molecule has 49 heavy (non-hydrogen) atoms. The number of azo groups is 2. The SMILES string of the molecule is C=O.CN=Nc1c(O)n(-c2ccc(S(=O)(=O)O)cc2)[nH]c1=O.Cc1ccc2cc(S(=O)(=O)O)c(N=Nc3cccc(C)c3O)c(O)c2c1.[Cu]. The average molecular weight is 764 g/mol. The Morgan fingerprint density at radius 1 is 0.776 bits per heavy atom. The maximum atomic E-state index is 11.7. The molecule has 0 unspecified atom stereocenters. The fourth-order valence-electron chi connectivity index (χ4n) is 4.14. The summed E-state index contributed by atoms with van der Waals surface area (Å²) in [6, 6.07) is 15.9. The number of para-hydroxylation sites is 1. The number of carbonyl (C=O) groups is 1. The fraction of sp³-hybridized carbons (Fsp3) is 0.103. The van der Waals surface area contributed by atoms with Gasteiger partial charge in [0.25, 0.3) is 25.8 Å². The van der Waals surface area contributed by atoms with E-state index in [4.69, 9.17) is 9.35 Å². The molecule has 0 aliphatic carbocycles. The fourth-order valence-corrected chi connectivity index (χ4v) is 5.27. The van der Waals surface area contributed by atoms with E-state index in [9.17, 15) is 41.5 Å². The van der Waals surface area contributed by atoms with Gasteiger partial charge in [-0.05, 0) is 67.3 Å². The summed E-state index contributed by atoms with van der Waals surface area (Å²) in [4.78, 5) is 18.7. The third kappa shape index (κ3) is 9.22. The molecule has 1 radical (unpaired) electrons. The minimum atomic E-state index is -4.66. The molecule has 0 aliphatic rings. The zero-order chi connectivity index (χ0) is 36.0. The third-order valence-electron chi connectivity index (χ3n) is 6.41. The van der Waals surface area contributed by atoms with Crippen LogP contribution in [0, 0.1) is 13.8 Å². The van der Waals surface area contributed by atoms with E-state index in [1.807, 2.05) is 13.7 Å². The molecular weight excluding hydrogens is 736 g/mol. The molecule has 4 aromatic carbocycles. The van der Waals surface area contributed by atoms with Crippen molar-refractivity contribution in [1.29, 1.82) is 0 Å². The topological polar surface area (TPSA) is 274 Å². The van der Waals surface area contributed by atoms with Crippen LogP contribution in [-0.2, 0) is 42.1 Å². The van der Waals surface area contributed by atoms with Crippen LogP contribution in [0.25, 0.3) is 16.5 Å². The molecule has 263 valence electrons. The third-order valence-corrected chi connectivity index (χ3v) is 8.14. The molecule has 0 atom stereocenters. The van der Waals surface area contributed by atoms with Crippen molar-refractivity contribution in [1.82, 2.24) is 9.78 Å². The number of hydrogen-bond donors (Lipinski definition) is 6. The second-order valence-corrected chi connectivity index (χ2v) is 12.4. The van der Waals surface area contributed by atoms with Gasteiger partial charge in [0.15, 0.2) is 5.75 Å². The number of rotatable bonds is 6. The molecule has 0 aliphatic heterocycles. The quantitative estimate of drug-likeness (QED) is 0.0745. The Kier molecular flexibility index (Phi) is 13.2. The van der Waals surface area contributed by atoms with Gasteiger partial charge in [-0.1, -0.05) is 29.8 Å². The summed E-state index contributed by atoms with van der Waals surface area (Å²) in [5, 5.41) is 48.0. The van der Waals surface area contributed by atoms with E-state index in [2.05, 4.69) is 25.6 Å². The number of phenolic OH excluding ortho intramolecular Hbond substituents is 2. The Hall–Kier alpha value is -5.24. The number of aromatic hydroxyl groups is 3. The van der Waals surface area contributed by atoms with Crippen molar-refractivity contribution in [3.05, 3.63) is 88.2 Å². The van der Waals surface area contributed by atoms with Gasteiger partial charge in [-0.3, -0.25) is 19.0 Å². The summed E-state index contributed by atoms with van der Waals surface area (Å²) in [5.74, 6) is -0.990. The first-order chi connectivity index (χ1) is 22.5. The van der Waals surface area contributed by atoms with Crippen LogP contribution in [-0.4, -0.2) is 64.9 Å². The number of H-pyrrole nitrogens is 1. The summed E-state index contributed by atoms with van der Waals surface area (Å²) in [6.45, 7) is 5.50. The molecule has 0 bridgehead atoms. The van der Waals surface area contributed by atoms with Gasteiger partial charge in [-0.25, -0.2) is 4.68 Å². The molecule has 0 fully saturated rings. The molecule has 1 aromatic heterocycles. The first-order valence-electron chi connectivity index (χ1n) is 13.2. The van der Waals surface area contributed by atoms with Gasteiger partial charge in [0.1, 0.15) is 28.8 Å². The Bertz CT molecular complexity index is 2320. The maximum Gasteiger partial charge on any atom is 0.296 e. The molecule has 5 aromatic rings. The Balaban J connectivity index is 0.000000327. The van der Waals surface area contributed by atoms with Crippen molar-refractivity contribution < 1.29 is 63.1 Å². The number of nitrogens with zero attached hydrogens (tertiary/aromatic N) is 5. The van der Waals surface area contributed by atoms with Gasteiger partial charge < -0.3 is 20.1 Å². The number of aromatic amines is 1. The number of benzene rings is 4. The largest absolute Gasteiger partial charge is 0.505 e. The van der Waals surface area contributed by atoms with Crippen LogP contribution in [0.2, 0.25) is 0 Å². The van der Waals surface area contributed by atoms with E-state index >= 15 is 0 Å². The van der Waals surface area contributed by atoms with Gasteiger partial charge in [-0.15, -0.1) is 15.3 Å². The maximum absolute atomic E-state index is 11.7. The van der Waals surface area contributed by atoms with Crippen LogP contribution >= 0.6 is 0 Å². The van der Waals surface area contributed by atoms with Crippen molar-refractivity contribution in [3.8, 4) is 23.1 Å². The van der Waals surface area contributed by atoms with Crippen molar-refractivity contribution in [2.24, 2.45) is 20.5 Å². The number of hydrogen-bond acceptors (Lipinski definition) is 13. The first-order valence-corrected chi connectivity index (χ1v) is 16.1. The molecule has 6 N–H and O–H groups in total. The smallest absolute Gasteiger partial charge is 0.296 e. The minimum absolute atomic E-state index is 0. The molecule has 17 nitrogen and oxygen atoms in total. The summed E-state index contributed by atoms with van der Waals surface area (Å²) in [7, 11) is -7.61. The van der Waals surface area contributed by atoms with Crippen LogP contribution in [0.5, 0.6) is 17.4 Å². The Morgan fingerprint density at radius 3 is 1.98 bits per heavy atom. The zero-order valence-corrected chi connectivity index (χ0v) is 28.2. The number of fused-ring (bicyclic) bond motifs is 1. The second kappa shape index (κ2) is 16.2. The first kappa shape index (κ1) is 39.9.